The molecule has 0 nitrogen and oxygen atoms in total. The van der Waals surface area contributed by atoms with E-state index >= 15 is 0 Å². The van der Waals surface area contributed by atoms with Crippen molar-refractivity contribution in [1.82, 2.24) is 0 Å². The summed E-state index contributed by atoms with van der Waals surface area (Å²) in [5.41, 5.74) is 0. The van der Waals surface area contributed by atoms with E-state index in [0.717, 1.165) is 6.07 Å². The number of rotatable bonds is 0. The molecule has 4 heteroatoms. The summed E-state index contributed by atoms with van der Waals surface area (Å²) in [5.74, 6) is -1.07. The second-order valence-electron chi connectivity index (χ2n) is 1.54. The van der Waals surface area contributed by atoms with Gasteiger partial charge in [0.1, 0.15) is 11.6 Å². The van der Waals surface area contributed by atoms with Crippen LogP contribution >= 0.6 is 0 Å². The van der Waals surface area contributed by atoms with Crippen molar-refractivity contribution >= 4 is 0 Å². The Hall–Kier alpha value is -1.06. The Balaban J connectivity index is 0.000000292. The predicted molar refractivity (Wildman–Crippen MR) is 33.4 cm³/mol. The Morgan fingerprint density at radius 3 is 1.55 bits per heavy atom. The quantitative estimate of drug-likeness (QED) is 0.520. The molecule has 0 saturated carbocycles. The third kappa shape index (κ3) is 5.39. The lowest BCUT2D eigenvalue weighted by Gasteiger charge is -1.84. The van der Waals surface area contributed by atoms with Crippen LogP contribution in [-0.4, -0.2) is 6.93 Å². The minimum Gasteiger partial charge on any atom is -0.214 e. The fourth-order valence-corrected chi connectivity index (χ4v) is 0.460. The zero-order valence-corrected chi connectivity index (χ0v) is 5.53. The van der Waals surface area contributed by atoms with Crippen molar-refractivity contribution in [1.29, 1.82) is 0 Å². The van der Waals surface area contributed by atoms with E-state index in [1.807, 2.05) is 0 Å². The van der Waals surface area contributed by atoms with Crippen molar-refractivity contribution in [2.45, 2.75) is 0 Å². The SMILES string of the molecule is FCF.Fc1cccc(F)c1. The molecule has 0 aliphatic rings. The molecule has 1 aromatic rings. The van der Waals surface area contributed by atoms with Gasteiger partial charge in [-0.25, -0.2) is 17.6 Å². The highest BCUT2D eigenvalue weighted by Gasteiger charge is 1.88. The summed E-state index contributed by atoms with van der Waals surface area (Å²) in [6, 6.07) is 4.55. The molecule has 1 aromatic carbocycles. The van der Waals surface area contributed by atoms with E-state index in [-0.39, 0.29) is 0 Å². The molecule has 0 N–H and O–H groups in total. The standard InChI is InChI=1S/C6H4F2.CH2F2/c7-5-2-1-3-6(8)4-5;2-1-3/h1-4H;1H2. The van der Waals surface area contributed by atoms with Gasteiger partial charge in [-0.15, -0.1) is 0 Å². The summed E-state index contributed by atoms with van der Waals surface area (Å²) in [4.78, 5) is 0. The molecule has 0 spiro atoms. The maximum absolute atomic E-state index is 11.9. The molecule has 0 fully saturated rings. The molecule has 1 rings (SSSR count). The van der Waals surface area contributed by atoms with Crippen molar-refractivity contribution in [2.75, 3.05) is 6.93 Å². The molecule has 0 radical (unpaired) electrons. The average Bonchev–Trinajstić information content (AvgIpc) is 1.88. The van der Waals surface area contributed by atoms with Crippen LogP contribution in [0, 0.1) is 11.6 Å². The monoisotopic (exact) mass is 166 g/mol. The molecule has 62 valence electrons. The molecule has 0 aliphatic heterocycles. The molecule has 0 amide bonds. The van der Waals surface area contributed by atoms with Crippen LogP contribution in [-0.2, 0) is 0 Å². The van der Waals surface area contributed by atoms with E-state index in [4.69, 9.17) is 0 Å². The third-order valence-corrected chi connectivity index (χ3v) is 0.787. The maximum Gasteiger partial charge on any atom is 0.229 e. The van der Waals surface area contributed by atoms with E-state index in [2.05, 4.69) is 0 Å². The smallest absolute Gasteiger partial charge is 0.214 e. The highest BCUT2D eigenvalue weighted by Crippen LogP contribution is 1.99. The van der Waals surface area contributed by atoms with Crippen molar-refractivity contribution in [2.24, 2.45) is 0 Å². The highest BCUT2D eigenvalue weighted by molar-refractivity contribution is 5.04. The van der Waals surface area contributed by atoms with Crippen molar-refractivity contribution in [3.05, 3.63) is 35.9 Å². The van der Waals surface area contributed by atoms with Crippen LogP contribution in [0.3, 0.4) is 0 Å². The van der Waals surface area contributed by atoms with Gasteiger partial charge >= 0.3 is 0 Å². The van der Waals surface area contributed by atoms with Gasteiger partial charge in [-0.1, -0.05) is 6.07 Å². The van der Waals surface area contributed by atoms with E-state index in [9.17, 15) is 17.6 Å². The van der Waals surface area contributed by atoms with Gasteiger partial charge in [0.2, 0.25) is 6.93 Å². The van der Waals surface area contributed by atoms with E-state index in [0.29, 0.717) is 0 Å². The van der Waals surface area contributed by atoms with Gasteiger partial charge in [-0.2, -0.15) is 0 Å². The van der Waals surface area contributed by atoms with Crippen LogP contribution in [0.5, 0.6) is 0 Å². The number of hydrogen-bond acceptors (Lipinski definition) is 0. The Labute approximate surface area is 61.5 Å². The van der Waals surface area contributed by atoms with Gasteiger partial charge in [0.05, 0.1) is 0 Å². The molecule has 0 bridgehead atoms. The fraction of sp³-hybridized carbons (Fsp3) is 0.143. The first kappa shape index (κ1) is 9.94. The van der Waals surface area contributed by atoms with Crippen LogP contribution in [0.15, 0.2) is 24.3 Å². The summed E-state index contributed by atoms with van der Waals surface area (Å²) in [7, 11) is 0. The molecule has 11 heavy (non-hydrogen) atoms. The van der Waals surface area contributed by atoms with Crippen molar-refractivity contribution in [3.63, 3.8) is 0 Å². The van der Waals surface area contributed by atoms with Gasteiger partial charge in [0.15, 0.2) is 0 Å². The molecule has 0 unspecified atom stereocenters. The Bertz CT molecular complexity index is 182. The summed E-state index contributed by atoms with van der Waals surface area (Å²) in [5, 5.41) is 0. The van der Waals surface area contributed by atoms with Gasteiger partial charge in [0.25, 0.3) is 0 Å². The minimum atomic E-state index is -1.75. The molecule has 0 heterocycles. The van der Waals surface area contributed by atoms with Crippen molar-refractivity contribution < 1.29 is 17.6 Å². The molecular weight excluding hydrogens is 160 g/mol. The van der Waals surface area contributed by atoms with E-state index in [1.54, 1.807) is 0 Å². The van der Waals surface area contributed by atoms with Crippen LogP contribution in [0.4, 0.5) is 17.6 Å². The average molecular weight is 166 g/mol. The third-order valence-electron chi connectivity index (χ3n) is 0.787. The molecule has 0 atom stereocenters. The lowest BCUT2D eigenvalue weighted by molar-refractivity contribution is 0.295. The van der Waals surface area contributed by atoms with Crippen molar-refractivity contribution in [3.8, 4) is 0 Å². The fourth-order valence-electron chi connectivity index (χ4n) is 0.460. The second-order valence-corrected chi connectivity index (χ2v) is 1.54. The van der Waals surface area contributed by atoms with Gasteiger partial charge in [-0.3, -0.25) is 0 Å². The Morgan fingerprint density at radius 1 is 1.00 bits per heavy atom. The van der Waals surface area contributed by atoms with Crippen LogP contribution < -0.4 is 0 Å². The first-order valence-electron chi connectivity index (χ1n) is 2.73. The van der Waals surface area contributed by atoms with Crippen LogP contribution in [0.2, 0.25) is 0 Å². The number of halogens is 4. The molecular formula is C7H6F4. The topological polar surface area (TPSA) is 0 Å². The lowest BCUT2D eigenvalue weighted by Crippen LogP contribution is -1.73. The minimum absolute atomic E-state index is 0.537. The second kappa shape index (κ2) is 5.70. The summed E-state index contributed by atoms with van der Waals surface area (Å²) in [6.45, 7) is -1.75. The van der Waals surface area contributed by atoms with E-state index in [1.165, 1.54) is 18.2 Å². The Kier molecular flexibility index (Phi) is 5.15. The van der Waals surface area contributed by atoms with Crippen LogP contribution in [0.1, 0.15) is 0 Å². The van der Waals surface area contributed by atoms with Gasteiger partial charge in [-0.05, 0) is 12.1 Å². The van der Waals surface area contributed by atoms with Gasteiger partial charge in [0, 0.05) is 6.07 Å². The van der Waals surface area contributed by atoms with E-state index < -0.39 is 18.6 Å². The summed E-state index contributed by atoms with van der Waals surface area (Å²) < 4.78 is 43.1. The summed E-state index contributed by atoms with van der Waals surface area (Å²) in [6.07, 6.45) is 0. The maximum atomic E-state index is 11.9. The first-order valence-corrected chi connectivity index (χ1v) is 2.73. The predicted octanol–water partition coefficient (Wildman–Crippen LogP) is 2.85. The zero-order chi connectivity index (χ0) is 8.69. The number of alkyl halides is 2. The number of hydrogen-bond donors (Lipinski definition) is 0. The lowest BCUT2D eigenvalue weighted by atomic mass is 10.3. The highest BCUT2D eigenvalue weighted by atomic mass is 19.3. The van der Waals surface area contributed by atoms with Gasteiger partial charge < -0.3 is 0 Å². The largest absolute Gasteiger partial charge is 0.229 e. The number of benzene rings is 1. The van der Waals surface area contributed by atoms with Crippen LogP contribution in [0.25, 0.3) is 0 Å². The molecule has 0 saturated heterocycles. The molecule has 0 aliphatic carbocycles. The summed E-state index contributed by atoms with van der Waals surface area (Å²) >= 11 is 0. The normalized spacial score (nSPS) is 8.36. The molecule has 0 aromatic heterocycles. The zero-order valence-electron chi connectivity index (χ0n) is 5.53. The Morgan fingerprint density at radius 2 is 1.36 bits per heavy atom. The first-order chi connectivity index (χ1) is 5.20.